The molecule has 0 amide bonds. The van der Waals surface area contributed by atoms with Crippen molar-refractivity contribution in [3.63, 3.8) is 0 Å². The van der Waals surface area contributed by atoms with Crippen molar-refractivity contribution in [1.82, 2.24) is 4.90 Å². The van der Waals surface area contributed by atoms with Crippen LogP contribution >= 0.6 is 0 Å². The van der Waals surface area contributed by atoms with E-state index in [1.54, 1.807) is 0 Å². The second-order valence-electron chi connectivity index (χ2n) is 5.46. The number of rotatable bonds is 2. The highest BCUT2D eigenvalue weighted by atomic mass is 15.2. The Morgan fingerprint density at radius 3 is 2.65 bits per heavy atom. The number of piperidine rings is 3. The summed E-state index contributed by atoms with van der Waals surface area (Å²) in [5.41, 5.74) is 9.11. The average Bonchev–Trinajstić information content (AvgIpc) is 2.35. The van der Waals surface area contributed by atoms with E-state index in [1.165, 1.54) is 38.2 Å². The van der Waals surface area contributed by atoms with Gasteiger partial charge in [-0.05, 0) is 62.5 Å². The minimum atomic E-state index is 0.625. The topological polar surface area (TPSA) is 41.3 Å². The summed E-state index contributed by atoms with van der Waals surface area (Å²) in [4.78, 5) is 2.57. The molecule has 0 saturated carbocycles. The van der Waals surface area contributed by atoms with Crippen LogP contribution in [0.1, 0.15) is 18.4 Å². The predicted molar refractivity (Wildman–Crippen MR) is 72.2 cm³/mol. The minimum absolute atomic E-state index is 0.625. The summed E-state index contributed by atoms with van der Waals surface area (Å²) in [6, 6.07) is 6.88. The number of hydrogen-bond donors (Lipinski definition) is 2. The van der Waals surface area contributed by atoms with E-state index in [0.717, 1.165) is 17.2 Å². The van der Waals surface area contributed by atoms with Gasteiger partial charge in [0.25, 0.3) is 0 Å². The SMILES string of the molecule is Cc1cc(NC2CN3CCC2CC3)ccc1N. The van der Waals surface area contributed by atoms with Crippen LogP contribution in [0.2, 0.25) is 0 Å². The van der Waals surface area contributed by atoms with Gasteiger partial charge in [-0.25, -0.2) is 0 Å². The number of fused-ring (bicyclic) bond motifs is 3. The predicted octanol–water partition coefficient (Wildman–Crippen LogP) is 2.08. The number of anilines is 2. The molecule has 0 radical (unpaired) electrons. The molecular weight excluding hydrogens is 210 g/mol. The highest BCUT2D eigenvalue weighted by Gasteiger charge is 2.33. The van der Waals surface area contributed by atoms with E-state index in [0.29, 0.717) is 6.04 Å². The molecule has 4 rings (SSSR count). The van der Waals surface area contributed by atoms with Crippen LogP contribution in [0.4, 0.5) is 11.4 Å². The lowest BCUT2D eigenvalue weighted by Gasteiger charge is -2.45. The van der Waals surface area contributed by atoms with Gasteiger partial charge in [0.05, 0.1) is 0 Å². The smallest absolute Gasteiger partial charge is 0.0417 e. The molecule has 3 aliphatic heterocycles. The van der Waals surface area contributed by atoms with Gasteiger partial charge in [0.2, 0.25) is 0 Å². The Labute approximate surface area is 103 Å². The van der Waals surface area contributed by atoms with Crippen molar-refractivity contribution in [2.45, 2.75) is 25.8 Å². The summed E-state index contributed by atoms with van der Waals surface area (Å²) in [6.07, 6.45) is 2.71. The van der Waals surface area contributed by atoms with E-state index in [4.69, 9.17) is 5.73 Å². The van der Waals surface area contributed by atoms with Crippen LogP contribution in [-0.2, 0) is 0 Å². The molecule has 17 heavy (non-hydrogen) atoms. The van der Waals surface area contributed by atoms with Crippen molar-refractivity contribution in [2.75, 3.05) is 30.7 Å². The van der Waals surface area contributed by atoms with Crippen molar-refractivity contribution in [3.8, 4) is 0 Å². The fourth-order valence-electron chi connectivity index (χ4n) is 3.11. The molecule has 0 aromatic heterocycles. The number of nitrogens with zero attached hydrogens (tertiary/aromatic N) is 1. The number of aryl methyl sites for hydroxylation is 1. The largest absolute Gasteiger partial charge is 0.399 e. The second-order valence-corrected chi connectivity index (χ2v) is 5.46. The Hall–Kier alpha value is -1.22. The molecular formula is C14H21N3. The van der Waals surface area contributed by atoms with Gasteiger partial charge in [0, 0.05) is 24.0 Å². The zero-order valence-electron chi connectivity index (χ0n) is 10.4. The molecule has 3 heterocycles. The van der Waals surface area contributed by atoms with Crippen molar-refractivity contribution >= 4 is 11.4 Å². The second kappa shape index (κ2) is 4.22. The Kier molecular flexibility index (Phi) is 2.71. The quantitative estimate of drug-likeness (QED) is 0.766. The van der Waals surface area contributed by atoms with Crippen LogP contribution in [0.5, 0.6) is 0 Å². The third kappa shape index (κ3) is 2.12. The van der Waals surface area contributed by atoms with Gasteiger partial charge in [0.15, 0.2) is 0 Å². The molecule has 3 fully saturated rings. The zero-order chi connectivity index (χ0) is 11.8. The third-order valence-corrected chi connectivity index (χ3v) is 4.28. The Balaban J connectivity index is 1.72. The highest BCUT2D eigenvalue weighted by molar-refractivity contribution is 5.57. The molecule has 3 N–H and O–H groups in total. The molecule has 3 aliphatic rings. The monoisotopic (exact) mass is 231 g/mol. The summed E-state index contributed by atoms with van der Waals surface area (Å²) in [6.45, 7) is 5.86. The van der Waals surface area contributed by atoms with Crippen LogP contribution in [0.25, 0.3) is 0 Å². The molecule has 1 aromatic carbocycles. The number of nitrogen functional groups attached to an aromatic ring is 1. The zero-order valence-corrected chi connectivity index (χ0v) is 10.4. The van der Waals surface area contributed by atoms with Gasteiger partial charge in [-0.2, -0.15) is 0 Å². The van der Waals surface area contributed by atoms with Crippen molar-refractivity contribution in [1.29, 1.82) is 0 Å². The molecule has 3 saturated heterocycles. The summed E-state index contributed by atoms with van der Waals surface area (Å²) in [7, 11) is 0. The van der Waals surface area contributed by atoms with Crippen molar-refractivity contribution in [3.05, 3.63) is 23.8 Å². The molecule has 1 aromatic rings. The number of hydrogen-bond acceptors (Lipinski definition) is 3. The van der Waals surface area contributed by atoms with Crippen LogP contribution < -0.4 is 11.1 Å². The molecule has 3 heteroatoms. The fraction of sp³-hybridized carbons (Fsp3) is 0.571. The molecule has 3 nitrogen and oxygen atoms in total. The molecule has 2 bridgehead atoms. The van der Waals surface area contributed by atoms with E-state index in [9.17, 15) is 0 Å². The fourth-order valence-corrected chi connectivity index (χ4v) is 3.11. The molecule has 1 unspecified atom stereocenters. The summed E-state index contributed by atoms with van der Waals surface area (Å²) in [5.74, 6) is 0.859. The van der Waals surface area contributed by atoms with Crippen LogP contribution in [0.3, 0.4) is 0 Å². The van der Waals surface area contributed by atoms with E-state index >= 15 is 0 Å². The maximum Gasteiger partial charge on any atom is 0.0417 e. The molecule has 0 aliphatic carbocycles. The van der Waals surface area contributed by atoms with Gasteiger partial charge in [-0.3, -0.25) is 0 Å². The first-order chi connectivity index (χ1) is 8.22. The standard InChI is InChI=1S/C14H21N3/c1-10-8-12(2-3-13(10)15)16-14-9-17-6-4-11(14)5-7-17/h2-3,8,11,14,16H,4-7,9,15H2,1H3. The Morgan fingerprint density at radius 1 is 1.29 bits per heavy atom. The molecule has 92 valence electrons. The average molecular weight is 231 g/mol. The lowest BCUT2D eigenvalue weighted by atomic mass is 9.84. The molecule has 1 atom stereocenters. The summed E-state index contributed by atoms with van der Waals surface area (Å²) in [5, 5.41) is 3.68. The van der Waals surface area contributed by atoms with Gasteiger partial charge in [-0.1, -0.05) is 0 Å². The normalized spacial score (nSPS) is 31.5. The van der Waals surface area contributed by atoms with Crippen molar-refractivity contribution < 1.29 is 0 Å². The number of nitrogens with two attached hydrogens (primary N) is 1. The number of benzene rings is 1. The Morgan fingerprint density at radius 2 is 2.06 bits per heavy atom. The van der Waals surface area contributed by atoms with Crippen LogP contribution in [-0.4, -0.2) is 30.6 Å². The maximum atomic E-state index is 5.85. The maximum absolute atomic E-state index is 5.85. The third-order valence-electron chi connectivity index (χ3n) is 4.28. The van der Waals surface area contributed by atoms with E-state index in [-0.39, 0.29) is 0 Å². The lowest BCUT2D eigenvalue weighted by Crippen LogP contribution is -2.53. The van der Waals surface area contributed by atoms with Gasteiger partial charge in [-0.15, -0.1) is 0 Å². The van der Waals surface area contributed by atoms with Gasteiger partial charge >= 0.3 is 0 Å². The van der Waals surface area contributed by atoms with Crippen molar-refractivity contribution in [2.24, 2.45) is 5.92 Å². The van der Waals surface area contributed by atoms with Crippen LogP contribution in [0, 0.1) is 12.8 Å². The lowest BCUT2D eigenvalue weighted by molar-refractivity contribution is 0.0975. The Bertz CT molecular complexity index is 408. The van der Waals surface area contributed by atoms with Crippen LogP contribution in [0.15, 0.2) is 18.2 Å². The summed E-state index contributed by atoms with van der Waals surface area (Å²) >= 11 is 0. The van der Waals surface area contributed by atoms with E-state index < -0.39 is 0 Å². The minimum Gasteiger partial charge on any atom is -0.399 e. The first-order valence-electron chi connectivity index (χ1n) is 6.57. The van der Waals surface area contributed by atoms with E-state index in [2.05, 4.69) is 29.3 Å². The van der Waals surface area contributed by atoms with Gasteiger partial charge < -0.3 is 16.0 Å². The molecule has 0 spiro atoms. The van der Waals surface area contributed by atoms with E-state index in [1.807, 2.05) is 6.07 Å². The number of nitrogens with one attached hydrogen (secondary N) is 1. The highest BCUT2D eigenvalue weighted by Crippen LogP contribution is 2.30. The summed E-state index contributed by atoms with van der Waals surface area (Å²) < 4.78 is 0. The first-order valence-corrected chi connectivity index (χ1v) is 6.57. The first kappa shape index (κ1) is 10.9. The van der Waals surface area contributed by atoms with Gasteiger partial charge in [0.1, 0.15) is 0 Å².